The number of nitrogens with one attached hydrogen (secondary N) is 1. The Balaban J connectivity index is 2.35. The number of hydrogen-bond acceptors (Lipinski definition) is 3. The third kappa shape index (κ3) is 4.87. The van der Waals surface area contributed by atoms with E-state index in [9.17, 15) is 9.59 Å². The molecule has 1 heterocycles. The van der Waals surface area contributed by atoms with Gasteiger partial charge in [-0.2, -0.15) is 0 Å². The van der Waals surface area contributed by atoms with Gasteiger partial charge in [-0.15, -0.1) is 0 Å². The average Bonchev–Trinajstić information content (AvgIpc) is 2.31. The highest BCUT2D eigenvalue weighted by Gasteiger charge is 2.19. The zero-order chi connectivity index (χ0) is 13.5. The van der Waals surface area contributed by atoms with E-state index < -0.39 is 5.97 Å². The van der Waals surface area contributed by atoms with Crippen LogP contribution in [0.1, 0.15) is 33.1 Å². The molecule has 0 aliphatic carbocycles. The van der Waals surface area contributed by atoms with Gasteiger partial charge < -0.3 is 10.4 Å². The molecule has 1 amide bonds. The van der Waals surface area contributed by atoms with Crippen molar-refractivity contribution in [3.8, 4) is 0 Å². The number of carboxylic acids is 1. The zero-order valence-corrected chi connectivity index (χ0v) is 11.1. The summed E-state index contributed by atoms with van der Waals surface area (Å²) in [6.45, 7) is 5.87. The summed E-state index contributed by atoms with van der Waals surface area (Å²) in [4.78, 5) is 24.0. The number of carbonyl (C=O) groups excluding carboxylic acids is 1. The topological polar surface area (TPSA) is 69.6 Å². The monoisotopic (exact) mass is 254 g/mol. The molecule has 0 atom stereocenters. The van der Waals surface area contributed by atoms with Gasteiger partial charge in [0.1, 0.15) is 0 Å². The number of hydrogen-bond donors (Lipinski definition) is 2. The largest absolute Gasteiger partial charge is 0.478 e. The molecule has 1 fully saturated rings. The fourth-order valence-corrected chi connectivity index (χ4v) is 2.17. The van der Waals surface area contributed by atoms with E-state index in [-0.39, 0.29) is 11.9 Å². The number of rotatable bonds is 5. The molecule has 18 heavy (non-hydrogen) atoms. The van der Waals surface area contributed by atoms with Gasteiger partial charge in [0.05, 0.1) is 0 Å². The minimum absolute atomic E-state index is 0.0208. The second-order valence-electron chi connectivity index (χ2n) is 4.66. The van der Waals surface area contributed by atoms with Crippen molar-refractivity contribution in [1.29, 1.82) is 0 Å². The Bertz CT molecular complexity index is 331. The standard InChI is InChI=1S/C13H22N2O3/c1-3-11(13(17)18)4-7-15-8-5-12(6-9-15)14-10(2)16/h4,12H,3,5-9H2,1-2H3,(H,14,16)(H,17,18). The van der Waals surface area contributed by atoms with Crippen LogP contribution in [0.2, 0.25) is 0 Å². The maximum atomic E-state index is 10.9. The first-order valence-corrected chi connectivity index (χ1v) is 6.44. The smallest absolute Gasteiger partial charge is 0.331 e. The molecule has 0 radical (unpaired) electrons. The van der Waals surface area contributed by atoms with Crippen molar-refractivity contribution < 1.29 is 14.7 Å². The first-order chi connectivity index (χ1) is 8.52. The summed E-state index contributed by atoms with van der Waals surface area (Å²) in [5, 5.41) is 11.8. The van der Waals surface area contributed by atoms with Gasteiger partial charge in [-0.1, -0.05) is 13.0 Å². The molecule has 1 rings (SSSR count). The third-order valence-electron chi connectivity index (χ3n) is 3.25. The SMILES string of the molecule is CCC(=CCN1CCC(NC(C)=O)CC1)C(=O)O. The van der Waals surface area contributed by atoms with Crippen molar-refractivity contribution in [2.45, 2.75) is 39.2 Å². The van der Waals surface area contributed by atoms with Gasteiger partial charge in [0.2, 0.25) is 5.91 Å². The lowest BCUT2D eigenvalue weighted by molar-refractivity contribution is -0.132. The first kappa shape index (κ1) is 14.7. The lowest BCUT2D eigenvalue weighted by Gasteiger charge is -2.31. The van der Waals surface area contributed by atoms with Gasteiger partial charge in [-0.3, -0.25) is 9.69 Å². The van der Waals surface area contributed by atoms with E-state index >= 15 is 0 Å². The highest BCUT2D eigenvalue weighted by Crippen LogP contribution is 2.11. The van der Waals surface area contributed by atoms with Crippen LogP contribution in [0.15, 0.2) is 11.6 Å². The second kappa shape index (κ2) is 7.16. The van der Waals surface area contributed by atoms with Crippen molar-refractivity contribution in [2.75, 3.05) is 19.6 Å². The number of amides is 1. The molecule has 0 aromatic rings. The Kier molecular flexibility index (Phi) is 5.85. The average molecular weight is 254 g/mol. The molecule has 0 aromatic heterocycles. The number of carboxylic acid groups (broad SMARTS) is 1. The highest BCUT2D eigenvalue weighted by atomic mass is 16.4. The minimum Gasteiger partial charge on any atom is -0.478 e. The Morgan fingerprint density at radius 1 is 1.39 bits per heavy atom. The van der Waals surface area contributed by atoms with Crippen LogP contribution in [-0.4, -0.2) is 47.6 Å². The minimum atomic E-state index is -0.828. The quantitative estimate of drug-likeness (QED) is 0.718. The van der Waals surface area contributed by atoms with Crippen LogP contribution in [0, 0.1) is 0 Å². The van der Waals surface area contributed by atoms with Crippen LogP contribution in [-0.2, 0) is 9.59 Å². The lowest BCUT2D eigenvalue weighted by atomic mass is 10.0. The summed E-state index contributed by atoms with van der Waals surface area (Å²) in [5.74, 6) is -0.807. The lowest BCUT2D eigenvalue weighted by Crippen LogP contribution is -2.44. The number of carbonyl (C=O) groups is 2. The Morgan fingerprint density at radius 2 is 2.00 bits per heavy atom. The molecule has 1 aliphatic heterocycles. The molecular formula is C13H22N2O3. The van der Waals surface area contributed by atoms with Crippen molar-refractivity contribution >= 4 is 11.9 Å². The maximum absolute atomic E-state index is 10.9. The summed E-state index contributed by atoms with van der Waals surface area (Å²) in [6.07, 6.45) is 4.21. The van der Waals surface area contributed by atoms with Crippen molar-refractivity contribution in [1.82, 2.24) is 10.2 Å². The van der Waals surface area contributed by atoms with E-state index in [2.05, 4.69) is 10.2 Å². The Labute approximate surface area is 108 Å². The maximum Gasteiger partial charge on any atom is 0.331 e. The molecule has 0 unspecified atom stereocenters. The Hall–Kier alpha value is -1.36. The summed E-state index contributed by atoms with van der Waals surface area (Å²) in [6, 6.07) is 0.271. The molecule has 0 spiro atoms. The van der Waals surface area contributed by atoms with Gasteiger partial charge >= 0.3 is 5.97 Å². The van der Waals surface area contributed by atoms with Gasteiger partial charge in [-0.05, 0) is 19.3 Å². The van der Waals surface area contributed by atoms with E-state index in [1.54, 1.807) is 6.08 Å². The van der Waals surface area contributed by atoms with Crippen LogP contribution < -0.4 is 5.32 Å². The van der Waals surface area contributed by atoms with Crippen molar-refractivity contribution in [2.24, 2.45) is 0 Å². The van der Waals surface area contributed by atoms with Crippen LogP contribution >= 0.6 is 0 Å². The molecule has 0 saturated carbocycles. The third-order valence-corrected chi connectivity index (χ3v) is 3.25. The van der Waals surface area contributed by atoms with E-state index in [0.29, 0.717) is 18.5 Å². The van der Waals surface area contributed by atoms with Crippen molar-refractivity contribution in [3.05, 3.63) is 11.6 Å². The fraction of sp³-hybridized carbons (Fsp3) is 0.692. The van der Waals surface area contributed by atoms with Gasteiger partial charge in [0.15, 0.2) is 0 Å². The van der Waals surface area contributed by atoms with Crippen LogP contribution in [0.5, 0.6) is 0 Å². The van der Waals surface area contributed by atoms with E-state index in [1.807, 2.05) is 6.92 Å². The number of piperidine rings is 1. The second-order valence-corrected chi connectivity index (χ2v) is 4.66. The highest BCUT2D eigenvalue weighted by molar-refractivity contribution is 5.86. The molecule has 0 aromatic carbocycles. The van der Waals surface area contributed by atoms with Crippen LogP contribution in [0.4, 0.5) is 0 Å². The summed E-state index contributed by atoms with van der Waals surface area (Å²) < 4.78 is 0. The molecule has 1 saturated heterocycles. The Morgan fingerprint density at radius 3 is 2.44 bits per heavy atom. The zero-order valence-electron chi connectivity index (χ0n) is 11.1. The number of aliphatic carboxylic acids is 1. The molecule has 102 valence electrons. The van der Waals surface area contributed by atoms with E-state index in [4.69, 9.17) is 5.11 Å². The molecule has 5 heteroatoms. The van der Waals surface area contributed by atoms with Gasteiger partial charge in [0, 0.05) is 38.2 Å². The molecular weight excluding hydrogens is 232 g/mol. The number of likely N-dealkylation sites (tertiary alicyclic amines) is 1. The van der Waals surface area contributed by atoms with E-state index in [0.717, 1.165) is 25.9 Å². The summed E-state index contributed by atoms with van der Waals surface area (Å²) >= 11 is 0. The fourth-order valence-electron chi connectivity index (χ4n) is 2.17. The van der Waals surface area contributed by atoms with Crippen molar-refractivity contribution in [3.63, 3.8) is 0 Å². The van der Waals surface area contributed by atoms with Gasteiger partial charge in [-0.25, -0.2) is 4.79 Å². The van der Waals surface area contributed by atoms with Crippen LogP contribution in [0.3, 0.4) is 0 Å². The van der Waals surface area contributed by atoms with Crippen LogP contribution in [0.25, 0.3) is 0 Å². The number of nitrogens with zero attached hydrogens (tertiary/aromatic N) is 1. The van der Waals surface area contributed by atoms with E-state index in [1.165, 1.54) is 6.92 Å². The predicted octanol–water partition coefficient (Wildman–Crippen LogP) is 1.01. The summed E-state index contributed by atoms with van der Waals surface area (Å²) in [5.41, 5.74) is 0.471. The molecule has 5 nitrogen and oxygen atoms in total. The molecule has 1 aliphatic rings. The normalized spacial score (nSPS) is 18.7. The first-order valence-electron chi connectivity index (χ1n) is 6.44. The molecule has 2 N–H and O–H groups in total. The van der Waals surface area contributed by atoms with Gasteiger partial charge in [0.25, 0.3) is 0 Å². The summed E-state index contributed by atoms with van der Waals surface area (Å²) in [7, 11) is 0. The molecule has 0 bridgehead atoms. The predicted molar refractivity (Wildman–Crippen MR) is 69.3 cm³/mol.